The summed E-state index contributed by atoms with van der Waals surface area (Å²) < 4.78 is 11.2. The summed E-state index contributed by atoms with van der Waals surface area (Å²) in [6.45, 7) is 8.50. The third kappa shape index (κ3) is 4.59. The van der Waals surface area contributed by atoms with Crippen LogP contribution in [0.2, 0.25) is 0 Å². The average Bonchev–Trinajstić information content (AvgIpc) is 2.37. The Morgan fingerprint density at radius 1 is 1.14 bits per heavy atom. The number of anilines is 1. The van der Waals surface area contributed by atoms with Gasteiger partial charge in [-0.25, -0.2) is 0 Å². The van der Waals surface area contributed by atoms with Crippen molar-refractivity contribution in [2.24, 2.45) is 0 Å². The Hall–Kier alpha value is -2.37. The molecule has 1 aromatic carbocycles. The average molecular weight is 288 g/mol. The molecule has 21 heavy (non-hydrogen) atoms. The van der Waals surface area contributed by atoms with Crippen LogP contribution in [-0.2, 0) is 0 Å². The molecule has 2 rings (SSSR count). The Morgan fingerprint density at radius 3 is 2.57 bits per heavy atom. The van der Waals surface area contributed by atoms with Crippen molar-refractivity contribution in [2.75, 3.05) is 11.9 Å². The zero-order valence-electron chi connectivity index (χ0n) is 12.8. The van der Waals surface area contributed by atoms with Gasteiger partial charge in [-0.2, -0.15) is 9.97 Å². The molecule has 0 fully saturated rings. The zero-order valence-corrected chi connectivity index (χ0v) is 12.8. The van der Waals surface area contributed by atoms with Crippen LogP contribution in [0.5, 0.6) is 17.8 Å². The summed E-state index contributed by atoms with van der Waals surface area (Å²) in [4.78, 5) is 12.6. The Labute approximate surface area is 124 Å². The predicted octanol–water partition coefficient (Wildman–Crippen LogP) is 3.19. The van der Waals surface area contributed by atoms with Crippen molar-refractivity contribution in [3.05, 3.63) is 29.8 Å². The summed E-state index contributed by atoms with van der Waals surface area (Å²) in [7, 11) is 0. The van der Waals surface area contributed by atoms with Crippen LogP contribution in [0.4, 0.5) is 5.95 Å². The molecule has 0 aliphatic heterocycles. The summed E-state index contributed by atoms with van der Waals surface area (Å²) in [5.41, 5.74) is 1.10. The van der Waals surface area contributed by atoms with Crippen LogP contribution in [0.15, 0.2) is 24.3 Å². The second kappa shape index (κ2) is 6.88. The lowest BCUT2D eigenvalue weighted by Gasteiger charge is -2.11. The molecular formula is C15H20N4O2. The maximum Gasteiger partial charge on any atom is 0.330 e. The molecular weight excluding hydrogens is 268 g/mol. The summed E-state index contributed by atoms with van der Waals surface area (Å²) >= 11 is 0. The lowest BCUT2D eigenvalue weighted by molar-refractivity contribution is 0.218. The first kappa shape index (κ1) is 15.0. The van der Waals surface area contributed by atoms with E-state index in [-0.39, 0.29) is 18.1 Å². The van der Waals surface area contributed by atoms with E-state index in [0.717, 1.165) is 5.56 Å². The number of nitrogens with zero attached hydrogens (tertiary/aromatic N) is 3. The molecule has 1 heterocycles. The van der Waals surface area contributed by atoms with Crippen LogP contribution in [0.1, 0.15) is 26.3 Å². The summed E-state index contributed by atoms with van der Waals surface area (Å²) in [5, 5.41) is 3.04. The Balaban J connectivity index is 2.26. The summed E-state index contributed by atoms with van der Waals surface area (Å²) in [5.74, 6) is 1.12. The fraction of sp³-hybridized carbons (Fsp3) is 0.400. The van der Waals surface area contributed by atoms with E-state index in [2.05, 4.69) is 20.3 Å². The van der Waals surface area contributed by atoms with Crippen LogP contribution in [0.25, 0.3) is 0 Å². The molecule has 0 radical (unpaired) electrons. The van der Waals surface area contributed by atoms with E-state index in [4.69, 9.17) is 9.47 Å². The highest BCUT2D eigenvalue weighted by molar-refractivity contribution is 5.32. The first-order chi connectivity index (χ1) is 10.1. The van der Waals surface area contributed by atoms with Crippen molar-refractivity contribution >= 4 is 5.95 Å². The van der Waals surface area contributed by atoms with Crippen LogP contribution in [0.3, 0.4) is 0 Å². The van der Waals surface area contributed by atoms with E-state index < -0.39 is 0 Å². The molecule has 0 amide bonds. The van der Waals surface area contributed by atoms with Crippen LogP contribution < -0.4 is 14.8 Å². The van der Waals surface area contributed by atoms with E-state index >= 15 is 0 Å². The topological polar surface area (TPSA) is 69.2 Å². The van der Waals surface area contributed by atoms with E-state index in [0.29, 0.717) is 18.2 Å². The SMILES string of the molecule is CCNc1nc(Oc2cccc(C)c2)nc(OC(C)C)n1. The van der Waals surface area contributed by atoms with Gasteiger partial charge in [-0.05, 0) is 45.4 Å². The molecule has 1 aromatic heterocycles. The molecule has 2 aromatic rings. The maximum atomic E-state index is 5.69. The van der Waals surface area contributed by atoms with Crippen molar-refractivity contribution in [3.63, 3.8) is 0 Å². The number of aryl methyl sites for hydroxylation is 1. The van der Waals surface area contributed by atoms with E-state index in [1.54, 1.807) is 0 Å². The smallest absolute Gasteiger partial charge is 0.330 e. The van der Waals surface area contributed by atoms with Crippen molar-refractivity contribution in [1.82, 2.24) is 15.0 Å². The maximum absolute atomic E-state index is 5.69. The van der Waals surface area contributed by atoms with Gasteiger partial charge in [0, 0.05) is 6.54 Å². The van der Waals surface area contributed by atoms with Gasteiger partial charge in [0.2, 0.25) is 5.95 Å². The molecule has 0 atom stereocenters. The minimum Gasteiger partial charge on any atom is -0.461 e. The summed E-state index contributed by atoms with van der Waals surface area (Å²) in [6.07, 6.45) is -0.0197. The molecule has 0 aliphatic rings. The molecule has 112 valence electrons. The fourth-order valence-electron chi connectivity index (χ4n) is 1.67. The molecule has 0 unspecified atom stereocenters. The molecule has 0 bridgehead atoms. The quantitative estimate of drug-likeness (QED) is 0.880. The number of ether oxygens (including phenoxy) is 2. The van der Waals surface area contributed by atoms with Crippen molar-refractivity contribution in [1.29, 1.82) is 0 Å². The second-order valence-electron chi connectivity index (χ2n) is 4.84. The highest BCUT2D eigenvalue weighted by Crippen LogP contribution is 2.21. The van der Waals surface area contributed by atoms with Gasteiger partial charge in [-0.15, -0.1) is 4.98 Å². The molecule has 0 saturated carbocycles. The molecule has 1 N–H and O–H groups in total. The van der Waals surface area contributed by atoms with Crippen LogP contribution in [0, 0.1) is 6.92 Å². The number of benzene rings is 1. The van der Waals surface area contributed by atoms with Gasteiger partial charge >= 0.3 is 12.0 Å². The minimum atomic E-state index is -0.0197. The number of hydrogen-bond donors (Lipinski definition) is 1. The van der Waals surface area contributed by atoms with Gasteiger partial charge in [0.1, 0.15) is 5.75 Å². The van der Waals surface area contributed by atoms with Crippen molar-refractivity contribution < 1.29 is 9.47 Å². The standard InChI is InChI=1S/C15H20N4O2/c1-5-16-13-17-14(20-10(2)3)19-15(18-13)21-12-8-6-7-11(4)9-12/h6-10H,5H2,1-4H3,(H,16,17,18,19). The van der Waals surface area contributed by atoms with Gasteiger partial charge in [-0.1, -0.05) is 12.1 Å². The Morgan fingerprint density at radius 2 is 1.90 bits per heavy atom. The Bertz CT molecular complexity index is 602. The normalized spacial score (nSPS) is 10.5. The first-order valence-electron chi connectivity index (χ1n) is 6.98. The van der Waals surface area contributed by atoms with E-state index in [1.807, 2.05) is 52.0 Å². The molecule has 0 spiro atoms. The zero-order chi connectivity index (χ0) is 15.2. The van der Waals surface area contributed by atoms with Gasteiger partial charge in [0.15, 0.2) is 0 Å². The predicted molar refractivity (Wildman–Crippen MR) is 81.0 cm³/mol. The van der Waals surface area contributed by atoms with E-state index in [9.17, 15) is 0 Å². The number of nitrogens with one attached hydrogen (secondary N) is 1. The highest BCUT2D eigenvalue weighted by Gasteiger charge is 2.10. The van der Waals surface area contributed by atoms with Crippen LogP contribution in [-0.4, -0.2) is 27.6 Å². The highest BCUT2D eigenvalue weighted by atomic mass is 16.5. The van der Waals surface area contributed by atoms with Gasteiger partial charge in [-0.3, -0.25) is 0 Å². The lowest BCUT2D eigenvalue weighted by atomic mass is 10.2. The molecule has 0 saturated heterocycles. The number of aromatic nitrogens is 3. The second-order valence-corrected chi connectivity index (χ2v) is 4.84. The molecule has 6 heteroatoms. The molecule has 6 nitrogen and oxygen atoms in total. The number of hydrogen-bond acceptors (Lipinski definition) is 6. The summed E-state index contributed by atoms with van der Waals surface area (Å²) in [6, 6.07) is 8.15. The largest absolute Gasteiger partial charge is 0.461 e. The minimum absolute atomic E-state index is 0.0197. The van der Waals surface area contributed by atoms with E-state index in [1.165, 1.54) is 0 Å². The van der Waals surface area contributed by atoms with Crippen LogP contribution >= 0.6 is 0 Å². The first-order valence-corrected chi connectivity index (χ1v) is 6.98. The monoisotopic (exact) mass is 288 g/mol. The van der Waals surface area contributed by atoms with Gasteiger partial charge in [0.05, 0.1) is 6.10 Å². The lowest BCUT2D eigenvalue weighted by Crippen LogP contribution is -2.12. The van der Waals surface area contributed by atoms with Crippen molar-refractivity contribution in [2.45, 2.75) is 33.8 Å². The Kier molecular flexibility index (Phi) is 4.92. The number of rotatable bonds is 6. The third-order valence-electron chi connectivity index (χ3n) is 2.47. The third-order valence-corrected chi connectivity index (χ3v) is 2.47. The van der Waals surface area contributed by atoms with Gasteiger partial charge < -0.3 is 14.8 Å². The molecule has 0 aliphatic carbocycles. The fourth-order valence-corrected chi connectivity index (χ4v) is 1.67. The van der Waals surface area contributed by atoms with Crippen molar-refractivity contribution in [3.8, 4) is 17.8 Å². The van der Waals surface area contributed by atoms with Gasteiger partial charge in [0.25, 0.3) is 0 Å².